The summed E-state index contributed by atoms with van der Waals surface area (Å²) in [7, 11) is -3.55. The summed E-state index contributed by atoms with van der Waals surface area (Å²) in [4.78, 5) is 13.4. The predicted molar refractivity (Wildman–Crippen MR) is 136 cm³/mol. The maximum Gasteiger partial charge on any atom is 0.292 e. The lowest BCUT2D eigenvalue weighted by Crippen LogP contribution is -2.48. The van der Waals surface area contributed by atoms with E-state index in [4.69, 9.17) is 16.3 Å². The number of rotatable bonds is 9. The first-order chi connectivity index (χ1) is 16.8. The zero-order valence-corrected chi connectivity index (χ0v) is 20.4. The van der Waals surface area contributed by atoms with Gasteiger partial charge in [0.25, 0.3) is 5.69 Å². The second-order valence-corrected chi connectivity index (χ2v) is 10.3. The standard InChI is InChI=1S/C24H25ClN4O5S/c25-19-6-9-21(10-7-19)34-17-12-26-23-18-20(8-11-24(23)29(30)31)27-13-15-28(16-14-27)35(32,33)22-4-2-1-3-5-22/h1-11,18,26H,12-17H2. The molecule has 3 aromatic carbocycles. The zero-order valence-electron chi connectivity index (χ0n) is 18.8. The van der Waals surface area contributed by atoms with E-state index in [0.29, 0.717) is 55.8 Å². The molecule has 11 heteroatoms. The molecule has 0 aromatic heterocycles. The molecule has 0 saturated carbocycles. The highest BCUT2D eigenvalue weighted by Gasteiger charge is 2.29. The quantitative estimate of drug-likeness (QED) is 0.257. The molecule has 0 spiro atoms. The molecule has 1 aliphatic rings. The van der Waals surface area contributed by atoms with Crippen molar-refractivity contribution in [3.8, 4) is 5.75 Å². The summed E-state index contributed by atoms with van der Waals surface area (Å²) in [6.45, 7) is 2.26. The van der Waals surface area contributed by atoms with E-state index in [-0.39, 0.29) is 10.6 Å². The van der Waals surface area contributed by atoms with Crippen molar-refractivity contribution in [3.63, 3.8) is 0 Å². The minimum absolute atomic E-state index is 0.0365. The highest BCUT2D eigenvalue weighted by atomic mass is 35.5. The van der Waals surface area contributed by atoms with Crippen molar-refractivity contribution in [2.45, 2.75) is 4.90 Å². The molecule has 0 amide bonds. The van der Waals surface area contributed by atoms with Gasteiger partial charge in [-0.2, -0.15) is 4.31 Å². The minimum Gasteiger partial charge on any atom is -0.492 e. The van der Waals surface area contributed by atoms with Gasteiger partial charge in [0, 0.05) is 49.5 Å². The van der Waals surface area contributed by atoms with E-state index in [1.54, 1.807) is 66.7 Å². The van der Waals surface area contributed by atoms with Crippen molar-refractivity contribution in [1.29, 1.82) is 0 Å². The number of hydrogen-bond donors (Lipinski definition) is 1. The fraction of sp³-hybridized carbons (Fsp3) is 0.250. The summed E-state index contributed by atoms with van der Waals surface area (Å²) in [5.41, 5.74) is 1.13. The molecule has 0 radical (unpaired) electrons. The van der Waals surface area contributed by atoms with E-state index < -0.39 is 14.9 Å². The Balaban J connectivity index is 1.39. The Hall–Kier alpha value is -3.34. The minimum atomic E-state index is -3.55. The van der Waals surface area contributed by atoms with Gasteiger partial charge in [-0.1, -0.05) is 29.8 Å². The Morgan fingerprint density at radius 1 is 0.971 bits per heavy atom. The summed E-state index contributed by atoms with van der Waals surface area (Å²) in [6.07, 6.45) is 0. The zero-order chi connectivity index (χ0) is 24.8. The second-order valence-electron chi connectivity index (χ2n) is 7.89. The number of anilines is 2. The Kier molecular flexibility index (Phi) is 7.74. The fourth-order valence-corrected chi connectivity index (χ4v) is 5.40. The van der Waals surface area contributed by atoms with Crippen molar-refractivity contribution in [1.82, 2.24) is 4.31 Å². The van der Waals surface area contributed by atoms with E-state index in [1.165, 1.54) is 10.4 Å². The number of sulfonamides is 1. The lowest BCUT2D eigenvalue weighted by atomic mass is 10.2. The number of nitrogens with zero attached hydrogens (tertiary/aromatic N) is 3. The van der Waals surface area contributed by atoms with Crippen LogP contribution in [0.5, 0.6) is 5.75 Å². The molecule has 1 fully saturated rings. The van der Waals surface area contributed by atoms with Crippen molar-refractivity contribution < 1.29 is 18.1 Å². The molecule has 9 nitrogen and oxygen atoms in total. The Bertz CT molecular complexity index is 1260. The summed E-state index contributed by atoms with van der Waals surface area (Å²) in [5.74, 6) is 0.655. The van der Waals surface area contributed by atoms with Gasteiger partial charge in [-0.3, -0.25) is 10.1 Å². The van der Waals surface area contributed by atoms with Crippen molar-refractivity contribution in [2.24, 2.45) is 0 Å². The van der Waals surface area contributed by atoms with E-state index in [2.05, 4.69) is 5.32 Å². The van der Waals surface area contributed by atoms with E-state index in [1.807, 2.05) is 4.90 Å². The van der Waals surface area contributed by atoms with E-state index in [9.17, 15) is 18.5 Å². The van der Waals surface area contributed by atoms with Crippen LogP contribution >= 0.6 is 11.6 Å². The molecule has 184 valence electrons. The normalized spacial score (nSPS) is 14.5. The van der Waals surface area contributed by atoms with Crippen LogP contribution in [0.2, 0.25) is 5.02 Å². The molecule has 1 heterocycles. The van der Waals surface area contributed by atoms with Gasteiger partial charge < -0.3 is 15.0 Å². The summed E-state index contributed by atoms with van der Waals surface area (Å²) < 4.78 is 32.9. The summed E-state index contributed by atoms with van der Waals surface area (Å²) in [6, 6.07) is 20.2. The average Bonchev–Trinajstić information content (AvgIpc) is 2.88. The van der Waals surface area contributed by atoms with Crippen LogP contribution in [-0.4, -0.2) is 57.0 Å². The van der Waals surface area contributed by atoms with Gasteiger partial charge in [-0.15, -0.1) is 0 Å². The van der Waals surface area contributed by atoms with Crippen LogP contribution in [0.25, 0.3) is 0 Å². The molecule has 4 rings (SSSR count). The molecule has 1 N–H and O–H groups in total. The van der Waals surface area contributed by atoms with Gasteiger partial charge in [0.2, 0.25) is 10.0 Å². The topological polar surface area (TPSA) is 105 Å². The maximum absolute atomic E-state index is 12.9. The highest BCUT2D eigenvalue weighted by Crippen LogP contribution is 2.30. The van der Waals surface area contributed by atoms with Crippen molar-refractivity contribution in [3.05, 3.63) is 87.9 Å². The number of nitrogens with one attached hydrogen (secondary N) is 1. The molecule has 35 heavy (non-hydrogen) atoms. The molecule has 0 unspecified atom stereocenters. The largest absolute Gasteiger partial charge is 0.492 e. The lowest BCUT2D eigenvalue weighted by molar-refractivity contribution is -0.383. The predicted octanol–water partition coefficient (Wildman–Crippen LogP) is 4.25. The number of benzene rings is 3. The summed E-state index contributed by atoms with van der Waals surface area (Å²) in [5, 5.41) is 15.2. The summed E-state index contributed by atoms with van der Waals surface area (Å²) >= 11 is 5.87. The number of ether oxygens (including phenoxy) is 1. The molecule has 0 atom stereocenters. The molecule has 3 aromatic rings. The van der Waals surface area contributed by atoms with Crippen LogP contribution < -0.4 is 15.0 Å². The molecule has 0 aliphatic carbocycles. The number of nitro groups is 1. The number of halogens is 1. The SMILES string of the molecule is O=[N+]([O-])c1ccc(N2CCN(S(=O)(=O)c3ccccc3)CC2)cc1NCCOc1ccc(Cl)cc1. The van der Waals surface area contributed by atoms with E-state index >= 15 is 0 Å². The number of hydrogen-bond acceptors (Lipinski definition) is 7. The van der Waals surface area contributed by atoms with Gasteiger partial charge in [-0.25, -0.2) is 8.42 Å². The first kappa shape index (κ1) is 24.8. The van der Waals surface area contributed by atoms with Crippen LogP contribution in [-0.2, 0) is 10.0 Å². The third-order valence-electron chi connectivity index (χ3n) is 5.66. The number of nitro benzene ring substituents is 1. The first-order valence-electron chi connectivity index (χ1n) is 11.1. The third kappa shape index (κ3) is 6.02. The van der Waals surface area contributed by atoms with Gasteiger partial charge in [0.1, 0.15) is 18.0 Å². The Labute approximate surface area is 209 Å². The molecule has 1 aliphatic heterocycles. The van der Waals surface area contributed by atoms with Gasteiger partial charge in [-0.05, 0) is 48.5 Å². The van der Waals surface area contributed by atoms with Gasteiger partial charge in [0.05, 0.1) is 9.82 Å². The highest BCUT2D eigenvalue weighted by molar-refractivity contribution is 7.89. The second kappa shape index (κ2) is 10.9. The number of piperazine rings is 1. The first-order valence-corrected chi connectivity index (χ1v) is 12.9. The molecular formula is C24H25ClN4O5S. The smallest absolute Gasteiger partial charge is 0.292 e. The fourth-order valence-electron chi connectivity index (χ4n) is 3.84. The van der Waals surface area contributed by atoms with Crippen LogP contribution in [0.1, 0.15) is 0 Å². The Morgan fingerprint density at radius 2 is 1.66 bits per heavy atom. The maximum atomic E-state index is 12.9. The molecule has 0 bridgehead atoms. The van der Waals surface area contributed by atoms with E-state index in [0.717, 1.165) is 5.69 Å². The van der Waals surface area contributed by atoms with Gasteiger partial charge in [0.15, 0.2) is 0 Å². The monoisotopic (exact) mass is 516 g/mol. The third-order valence-corrected chi connectivity index (χ3v) is 7.83. The van der Waals surface area contributed by atoms with Crippen LogP contribution in [0.15, 0.2) is 77.7 Å². The Morgan fingerprint density at radius 3 is 2.31 bits per heavy atom. The van der Waals surface area contributed by atoms with Crippen molar-refractivity contribution in [2.75, 3.05) is 49.5 Å². The molecular weight excluding hydrogens is 492 g/mol. The lowest BCUT2D eigenvalue weighted by Gasteiger charge is -2.35. The van der Waals surface area contributed by atoms with Crippen LogP contribution in [0.4, 0.5) is 17.1 Å². The van der Waals surface area contributed by atoms with Crippen molar-refractivity contribution >= 4 is 38.7 Å². The van der Waals surface area contributed by atoms with Crippen LogP contribution in [0, 0.1) is 10.1 Å². The van der Waals surface area contributed by atoms with Gasteiger partial charge >= 0.3 is 0 Å². The average molecular weight is 517 g/mol. The van der Waals surface area contributed by atoms with Crippen LogP contribution in [0.3, 0.4) is 0 Å². The molecule has 1 saturated heterocycles.